The fourth-order valence-corrected chi connectivity index (χ4v) is 2.64. The summed E-state index contributed by atoms with van der Waals surface area (Å²) in [7, 11) is 0. The lowest BCUT2D eigenvalue weighted by atomic mass is 9.94. The molecule has 1 aliphatic rings. The maximum Gasteiger partial charge on any atom is 0.159 e. The number of ketones is 1. The lowest BCUT2D eigenvalue weighted by molar-refractivity contribution is 0.101. The number of carbonyl (C=O) groups excluding carboxylic acids is 1. The Bertz CT molecular complexity index is 415. The van der Waals surface area contributed by atoms with Crippen molar-refractivity contribution in [3.63, 3.8) is 0 Å². The Morgan fingerprint density at radius 1 is 1.50 bits per heavy atom. The van der Waals surface area contributed by atoms with E-state index in [-0.39, 0.29) is 12.4 Å². The van der Waals surface area contributed by atoms with E-state index in [0.717, 1.165) is 37.2 Å². The molecule has 0 spiro atoms. The van der Waals surface area contributed by atoms with Crippen LogP contribution < -0.4 is 4.90 Å². The van der Waals surface area contributed by atoms with Crippen LogP contribution >= 0.6 is 0 Å². The number of carbonyl (C=O) groups is 1. The van der Waals surface area contributed by atoms with Gasteiger partial charge < -0.3 is 10.0 Å². The molecule has 0 aliphatic carbocycles. The Morgan fingerprint density at radius 3 is 3.06 bits per heavy atom. The van der Waals surface area contributed by atoms with Crippen molar-refractivity contribution in [3.8, 4) is 0 Å². The number of hydrogen-bond acceptors (Lipinski definition) is 3. The summed E-state index contributed by atoms with van der Waals surface area (Å²) in [5.41, 5.74) is 1.90. The molecule has 0 bridgehead atoms. The molecule has 1 atom stereocenters. The first-order valence-electron chi connectivity index (χ1n) is 6.67. The van der Waals surface area contributed by atoms with E-state index in [0.29, 0.717) is 5.92 Å². The van der Waals surface area contributed by atoms with Crippen LogP contribution in [-0.2, 0) is 0 Å². The van der Waals surface area contributed by atoms with Crippen molar-refractivity contribution in [2.45, 2.75) is 26.2 Å². The summed E-state index contributed by atoms with van der Waals surface area (Å²) in [5.74, 6) is 0.686. The molecule has 3 nitrogen and oxygen atoms in total. The predicted molar refractivity (Wildman–Crippen MR) is 73.1 cm³/mol. The summed E-state index contributed by atoms with van der Waals surface area (Å²) in [6, 6.07) is 7.85. The number of benzene rings is 1. The number of piperidine rings is 1. The normalized spacial score (nSPS) is 19.9. The van der Waals surface area contributed by atoms with Crippen LogP contribution in [0.3, 0.4) is 0 Å². The van der Waals surface area contributed by atoms with Crippen LogP contribution in [0.25, 0.3) is 0 Å². The lowest BCUT2D eigenvalue weighted by Crippen LogP contribution is -2.35. The van der Waals surface area contributed by atoms with Crippen molar-refractivity contribution in [2.24, 2.45) is 5.92 Å². The molecule has 1 saturated heterocycles. The smallest absolute Gasteiger partial charge is 0.159 e. The van der Waals surface area contributed by atoms with E-state index in [1.807, 2.05) is 18.2 Å². The van der Waals surface area contributed by atoms with Gasteiger partial charge in [-0.15, -0.1) is 0 Å². The van der Waals surface area contributed by atoms with E-state index in [1.54, 1.807) is 6.92 Å². The number of anilines is 1. The second kappa shape index (κ2) is 6.01. The Kier molecular flexibility index (Phi) is 4.37. The van der Waals surface area contributed by atoms with E-state index in [1.165, 1.54) is 6.42 Å². The van der Waals surface area contributed by atoms with Crippen molar-refractivity contribution in [2.75, 3.05) is 24.6 Å². The molecule has 0 radical (unpaired) electrons. The minimum Gasteiger partial charge on any atom is -0.396 e. The minimum atomic E-state index is 0.112. The standard InChI is InChI=1S/C15H21NO2/c1-12(18)14-5-2-6-15(10-14)16-8-3-4-13(11-16)7-9-17/h2,5-6,10,13,17H,3-4,7-9,11H2,1H3. The van der Waals surface area contributed by atoms with Crippen LogP contribution in [0.5, 0.6) is 0 Å². The highest BCUT2D eigenvalue weighted by atomic mass is 16.3. The van der Waals surface area contributed by atoms with Gasteiger partial charge in [-0.3, -0.25) is 4.79 Å². The highest BCUT2D eigenvalue weighted by Gasteiger charge is 2.19. The molecular weight excluding hydrogens is 226 g/mol. The third-order valence-electron chi connectivity index (χ3n) is 3.67. The average molecular weight is 247 g/mol. The third-order valence-corrected chi connectivity index (χ3v) is 3.67. The average Bonchev–Trinajstić information content (AvgIpc) is 2.39. The zero-order valence-electron chi connectivity index (χ0n) is 10.9. The van der Waals surface area contributed by atoms with Gasteiger partial charge in [0.25, 0.3) is 0 Å². The number of aliphatic hydroxyl groups is 1. The summed E-state index contributed by atoms with van der Waals surface area (Å²) < 4.78 is 0. The first-order valence-corrected chi connectivity index (χ1v) is 6.67. The van der Waals surface area contributed by atoms with E-state index < -0.39 is 0 Å². The molecule has 0 saturated carbocycles. The Balaban J connectivity index is 2.10. The third kappa shape index (κ3) is 3.10. The van der Waals surface area contributed by atoms with Crippen molar-refractivity contribution in [1.82, 2.24) is 0 Å². The molecule has 1 aromatic carbocycles. The van der Waals surface area contributed by atoms with Gasteiger partial charge in [0.2, 0.25) is 0 Å². The van der Waals surface area contributed by atoms with Crippen molar-refractivity contribution in [3.05, 3.63) is 29.8 Å². The van der Waals surface area contributed by atoms with Crippen LogP contribution in [0.4, 0.5) is 5.69 Å². The molecule has 1 N–H and O–H groups in total. The molecule has 3 heteroatoms. The molecule has 1 aliphatic heterocycles. The highest BCUT2D eigenvalue weighted by Crippen LogP contribution is 2.25. The second-order valence-electron chi connectivity index (χ2n) is 5.07. The van der Waals surface area contributed by atoms with Gasteiger partial charge in [0.1, 0.15) is 0 Å². The van der Waals surface area contributed by atoms with Gasteiger partial charge in [0, 0.05) is 30.9 Å². The molecule has 1 fully saturated rings. The first kappa shape index (κ1) is 13.1. The molecule has 0 amide bonds. The maximum absolute atomic E-state index is 11.4. The first-order chi connectivity index (χ1) is 8.70. The number of rotatable bonds is 4. The molecule has 18 heavy (non-hydrogen) atoms. The molecule has 98 valence electrons. The van der Waals surface area contributed by atoms with E-state index >= 15 is 0 Å². The Hall–Kier alpha value is -1.35. The largest absolute Gasteiger partial charge is 0.396 e. The summed E-state index contributed by atoms with van der Waals surface area (Å²) in [6.07, 6.45) is 3.24. The van der Waals surface area contributed by atoms with Gasteiger partial charge in [0.15, 0.2) is 5.78 Å². The number of aliphatic hydroxyl groups excluding tert-OH is 1. The Morgan fingerprint density at radius 2 is 2.33 bits per heavy atom. The molecule has 1 aromatic rings. The minimum absolute atomic E-state index is 0.112. The van der Waals surface area contributed by atoms with Gasteiger partial charge in [0.05, 0.1) is 0 Å². The zero-order valence-corrected chi connectivity index (χ0v) is 10.9. The summed E-state index contributed by atoms with van der Waals surface area (Å²) in [5, 5.41) is 9.03. The SMILES string of the molecule is CC(=O)c1cccc(N2CCCC(CCO)C2)c1. The monoisotopic (exact) mass is 247 g/mol. The van der Waals surface area contributed by atoms with Crippen molar-refractivity contribution >= 4 is 11.5 Å². The predicted octanol–water partition coefficient (Wildman–Crippen LogP) is 2.49. The van der Waals surface area contributed by atoms with Crippen molar-refractivity contribution < 1.29 is 9.90 Å². The fourth-order valence-electron chi connectivity index (χ4n) is 2.64. The van der Waals surface area contributed by atoms with E-state index in [4.69, 9.17) is 5.11 Å². The van der Waals surface area contributed by atoms with Crippen LogP contribution in [0.1, 0.15) is 36.5 Å². The second-order valence-corrected chi connectivity index (χ2v) is 5.07. The van der Waals surface area contributed by atoms with Crippen LogP contribution in [-0.4, -0.2) is 30.6 Å². The summed E-state index contributed by atoms with van der Waals surface area (Å²) in [4.78, 5) is 13.7. The van der Waals surface area contributed by atoms with Gasteiger partial charge in [-0.05, 0) is 44.2 Å². The Labute approximate surface area is 108 Å². The highest BCUT2D eigenvalue weighted by molar-refractivity contribution is 5.94. The quantitative estimate of drug-likeness (QED) is 0.831. The maximum atomic E-state index is 11.4. The number of Topliss-reactive ketones (excluding diaryl/α,β-unsaturated/α-hetero) is 1. The summed E-state index contributed by atoms with van der Waals surface area (Å²) >= 11 is 0. The van der Waals surface area contributed by atoms with E-state index in [9.17, 15) is 4.79 Å². The number of hydrogen-bond donors (Lipinski definition) is 1. The topological polar surface area (TPSA) is 40.5 Å². The molecular formula is C15H21NO2. The zero-order chi connectivity index (χ0) is 13.0. The molecule has 0 aromatic heterocycles. The van der Waals surface area contributed by atoms with Gasteiger partial charge >= 0.3 is 0 Å². The van der Waals surface area contributed by atoms with Gasteiger partial charge in [-0.25, -0.2) is 0 Å². The van der Waals surface area contributed by atoms with E-state index in [2.05, 4.69) is 11.0 Å². The lowest BCUT2D eigenvalue weighted by Gasteiger charge is -2.34. The summed E-state index contributed by atoms with van der Waals surface area (Å²) in [6.45, 7) is 3.90. The number of nitrogens with zero attached hydrogens (tertiary/aromatic N) is 1. The molecule has 1 unspecified atom stereocenters. The van der Waals surface area contributed by atoms with Crippen molar-refractivity contribution in [1.29, 1.82) is 0 Å². The van der Waals surface area contributed by atoms with Gasteiger partial charge in [-0.2, -0.15) is 0 Å². The molecule has 2 rings (SSSR count). The fraction of sp³-hybridized carbons (Fsp3) is 0.533. The van der Waals surface area contributed by atoms with Crippen LogP contribution in [0, 0.1) is 5.92 Å². The van der Waals surface area contributed by atoms with Crippen LogP contribution in [0.15, 0.2) is 24.3 Å². The molecule has 1 heterocycles. The van der Waals surface area contributed by atoms with Gasteiger partial charge in [-0.1, -0.05) is 12.1 Å². The van der Waals surface area contributed by atoms with Crippen LogP contribution in [0.2, 0.25) is 0 Å².